The van der Waals surface area contributed by atoms with Crippen LogP contribution in [0.2, 0.25) is 0 Å². The van der Waals surface area contributed by atoms with E-state index in [4.69, 9.17) is 5.11 Å². The van der Waals surface area contributed by atoms with Crippen LogP contribution >= 0.6 is 11.3 Å². The quantitative estimate of drug-likeness (QED) is 0.847. The van der Waals surface area contributed by atoms with Crippen molar-refractivity contribution in [3.05, 3.63) is 27.6 Å². The van der Waals surface area contributed by atoms with Gasteiger partial charge in [0, 0.05) is 25.2 Å². The highest BCUT2D eigenvalue weighted by Crippen LogP contribution is 2.08. The number of aliphatic hydroxyl groups excluding tert-OH is 1. The molecule has 0 radical (unpaired) electrons. The maximum atomic E-state index is 11.8. The lowest BCUT2D eigenvalue weighted by atomic mass is 10.3. The van der Waals surface area contributed by atoms with E-state index in [0.717, 1.165) is 0 Å². The Hall–Kier alpha value is -1.31. The van der Waals surface area contributed by atoms with Crippen LogP contribution in [0, 0.1) is 0 Å². The molecule has 7 heteroatoms. The Kier molecular flexibility index (Phi) is 4.05. The van der Waals surface area contributed by atoms with Gasteiger partial charge in [0.05, 0.1) is 12.3 Å². The highest BCUT2D eigenvalue weighted by Gasteiger charge is 2.12. The summed E-state index contributed by atoms with van der Waals surface area (Å²) in [5, 5.41) is 12.9. The fourth-order valence-corrected chi connectivity index (χ4v) is 2.38. The highest BCUT2D eigenvalue weighted by molar-refractivity contribution is 7.14. The molecule has 1 N–H and O–H groups in total. The third-order valence-corrected chi connectivity index (χ3v) is 3.40. The van der Waals surface area contributed by atoms with Crippen molar-refractivity contribution >= 4 is 16.3 Å². The predicted molar refractivity (Wildman–Crippen MR) is 69.8 cm³/mol. The Bertz CT molecular complexity index is 578. The number of aliphatic hydroxyl groups is 1. The van der Waals surface area contributed by atoms with Gasteiger partial charge in [0.1, 0.15) is 5.51 Å². The zero-order chi connectivity index (χ0) is 13.1. The minimum atomic E-state index is -0.163. The Morgan fingerprint density at radius 3 is 3.00 bits per heavy atom. The van der Waals surface area contributed by atoms with E-state index in [9.17, 15) is 4.79 Å². The molecule has 0 amide bonds. The van der Waals surface area contributed by atoms with Crippen molar-refractivity contribution in [1.29, 1.82) is 0 Å². The lowest BCUT2D eigenvalue weighted by Crippen LogP contribution is -2.33. The minimum absolute atomic E-state index is 0.0972. The summed E-state index contributed by atoms with van der Waals surface area (Å²) in [6.07, 6.45) is 0. The molecule has 0 saturated carbocycles. The van der Waals surface area contributed by atoms with E-state index in [2.05, 4.69) is 15.0 Å². The van der Waals surface area contributed by atoms with Gasteiger partial charge in [-0.3, -0.25) is 9.69 Å². The van der Waals surface area contributed by atoms with Crippen molar-refractivity contribution < 1.29 is 5.11 Å². The van der Waals surface area contributed by atoms with Gasteiger partial charge in [-0.2, -0.15) is 9.61 Å². The van der Waals surface area contributed by atoms with Gasteiger partial charge < -0.3 is 5.11 Å². The van der Waals surface area contributed by atoms with Crippen LogP contribution in [0.25, 0.3) is 4.96 Å². The topological polar surface area (TPSA) is 70.7 Å². The number of hydrogen-bond donors (Lipinski definition) is 1. The van der Waals surface area contributed by atoms with Crippen molar-refractivity contribution in [2.24, 2.45) is 0 Å². The average molecular weight is 268 g/mol. The first-order chi connectivity index (χ1) is 8.61. The van der Waals surface area contributed by atoms with Gasteiger partial charge >= 0.3 is 0 Å². The molecule has 0 aromatic carbocycles. The molecule has 0 atom stereocenters. The summed E-state index contributed by atoms with van der Waals surface area (Å²) in [7, 11) is 0. The molecule has 0 saturated heterocycles. The Labute approximate surface area is 109 Å². The van der Waals surface area contributed by atoms with Gasteiger partial charge in [0.15, 0.2) is 0 Å². The highest BCUT2D eigenvalue weighted by atomic mass is 32.1. The molecule has 2 rings (SSSR count). The van der Waals surface area contributed by atoms with Gasteiger partial charge in [-0.1, -0.05) is 11.3 Å². The van der Waals surface area contributed by atoms with Gasteiger partial charge in [-0.25, -0.2) is 4.98 Å². The summed E-state index contributed by atoms with van der Waals surface area (Å²) in [4.78, 5) is 18.8. The summed E-state index contributed by atoms with van der Waals surface area (Å²) in [6.45, 7) is 5.32. The van der Waals surface area contributed by atoms with Crippen molar-refractivity contribution in [2.45, 2.75) is 26.4 Å². The second kappa shape index (κ2) is 5.55. The third-order valence-electron chi connectivity index (χ3n) is 2.72. The van der Waals surface area contributed by atoms with E-state index >= 15 is 0 Å². The molecule has 0 aliphatic heterocycles. The number of rotatable bonds is 5. The molecule has 0 aliphatic carbocycles. The maximum Gasteiger partial charge on any atom is 0.275 e. The summed E-state index contributed by atoms with van der Waals surface area (Å²) in [5.41, 5.74) is 2.15. The lowest BCUT2D eigenvalue weighted by molar-refractivity contribution is 0.158. The van der Waals surface area contributed by atoms with Crippen LogP contribution in [0.5, 0.6) is 0 Å². The zero-order valence-corrected chi connectivity index (χ0v) is 11.2. The van der Waals surface area contributed by atoms with E-state index < -0.39 is 0 Å². The maximum absolute atomic E-state index is 11.8. The first kappa shape index (κ1) is 13.1. The summed E-state index contributed by atoms with van der Waals surface area (Å²) < 4.78 is 1.29. The molecule has 6 nitrogen and oxygen atoms in total. The van der Waals surface area contributed by atoms with Crippen LogP contribution in [0.1, 0.15) is 19.5 Å². The fraction of sp³-hybridized carbons (Fsp3) is 0.545. The van der Waals surface area contributed by atoms with Gasteiger partial charge in [0.2, 0.25) is 4.96 Å². The number of hydrogen-bond acceptors (Lipinski definition) is 6. The summed E-state index contributed by atoms with van der Waals surface area (Å²) >= 11 is 1.34. The second-order valence-electron chi connectivity index (χ2n) is 4.31. The molecule has 2 aromatic heterocycles. The van der Waals surface area contributed by atoms with Crippen molar-refractivity contribution in [3.8, 4) is 0 Å². The predicted octanol–water partition coefficient (Wildman–Crippen LogP) is 0.354. The van der Waals surface area contributed by atoms with Crippen LogP contribution in [0.15, 0.2) is 16.4 Å². The monoisotopic (exact) mass is 268 g/mol. The molecular formula is C11H16N4O2S. The Morgan fingerprint density at radius 2 is 2.33 bits per heavy atom. The fourth-order valence-electron chi connectivity index (χ4n) is 1.74. The van der Waals surface area contributed by atoms with Crippen molar-refractivity contribution in [1.82, 2.24) is 19.5 Å². The molecule has 0 aliphatic rings. The smallest absolute Gasteiger partial charge is 0.275 e. The number of nitrogens with zero attached hydrogens (tertiary/aromatic N) is 4. The van der Waals surface area contributed by atoms with Crippen LogP contribution in [-0.2, 0) is 6.54 Å². The molecule has 0 bridgehead atoms. The van der Waals surface area contributed by atoms with Crippen molar-refractivity contribution in [3.63, 3.8) is 0 Å². The van der Waals surface area contributed by atoms with E-state index in [1.165, 1.54) is 21.9 Å². The van der Waals surface area contributed by atoms with E-state index in [-0.39, 0.29) is 12.2 Å². The number of aromatic nitrogens is 3. The molecule has 2 aromatic rings. The summed E-state index contributed by atoms with van der Waals surface area (Å²) in [5.74, 6) is 0. The summed E-state index contributed by atoms with van der Waals surface area (Å²) in [6, 6.07) is 1.79. The minimum Gasteiger partial charge on any atom is -0.395 e. The molecule has 2 heterocycles. The first-order valence-electron chi connectivity index (χ1n) is 5.79. The third kappa shape index (κ3) is 2.74. The van der Waals surface area contributed by atoms with Gasteiger partial charge in [-0.05, 0) is 13.8 Å². The van der Waals surface area contributed by atoms with Crippen LogP contribution in [0.3, 0.4) is 0 Å². The standard InChI is InChI=1S/C11H16N4O2S/c1-8(2)14(3-4-16)6-9-5-10(17)15-11(13-9)18-7-12-15/h5,7-8,16H,3-4,6H2,1-2H3. The SMILES string of the molecule is CC(C)N(CCO)Cc1cc(=O)n2ncsc2n1. The van der Waals surface area contributed by atoms with E-state index in [1.54, 1.807) is 5.51 Å². The molecule has 0 fully saturated rings. The largest absolute Gasteiger partial charge is 0.395 e. The molecule has 18 heavy (non-hydrogen) atoms. The van der Waals surface area contributed by atoms with Gasteiger partial charge in [-0.15, -0.1) is 0 Å². The Balaban J connectivity index is 2.27. The second-order valence-corrected chi connectivity index (χ2v) is 5.12. The van der Waals surface area contributed by atoms with Crippen molar-refractivity contribution in [2.75, 3.05) is 13.2 Å². The van der Waals surface area contributed by atoms with Crippen LogP contribution < -0.4 is 5.56 Å². The van der Waals surface area contributed by atoms with E-state index in [0.29, 0.717) is 29.8 Å². The van der Waals surface area contributed by atoms with Gasteiger partial charge in [0.25, 0.3) is 5.56 Å². The Morgan fingerprint density at radius 1 is 1.56 bits per heavy atom. The van der Waals surface area contributed by atoms with Crippen LogP contribution in [-0.4, -0.2) is 43.8 Å². The molecule has 0 unspecified atom stereocenters. The van der Waals surface area contributed by atoms with E-state index in [1.807, 2.05) is 13.8 Å². The normalized spacial score (nSPS) is 11.8. The molecule has 0 spiro atoms. The van der Waals surface area contributed by atoms with Crippen LogP contribution in [0.4, 0.5) is 0 Å². The number of fused-ring (bicyclic) bond motifs is 1. The average Bonchev–Trinajstić information content (AvgIpc) is 2.77. The zero-order valence-electron chi connectivity index (χ0n) is 10.4. The molecular weight excluding hydrogens is 252 g/mol. The molecule has 98 valence electrons. The lowest BCUT2D eigenvalue weighted by Gasteiger charge is -2.24. The first-order valence-corrected chi connectivity index (χ1v) is 6.67.